The molecule has 150 valence electrons. The standard InChI is InChI=1S/C18H18N6O3S2/c1-2-27-13(25)10-28-18-22-21-17(29-18)19-16(26)14-15(11-8-9-11)24(23-20-14)12-6-4-3-5-7-12/h3-7,11H,2,8-10H2,1H3,(H,19,21,26). The molecular weight excluding hydrogens is 412 g/mol. The third-order valence-electron chi connectivity index (χ3n) is 4.13. The van der Waals surface area contributed by atoms with Crippen molar-refractivity contribution in [2.45, 2.75) is 30.0 Å². The molecule has 1 amide bonds. The molecule has 3 aromatic rings. The van der Waals surface area contributed by atoms with Gasteiger partial charge in [0.1, 0.15) is 0 Å². The van der Waals surface area contributed by atoms with Gasteiger partial charge in [0.15, 0.2) is 10.0 Å². The fourth-order valence-corrected chi connectivity index (χ4v) is 4.28. The van der Waals surface area contributed by atoms with Crippen LogP contribution in [0.25, 0.3) is 5.69 Å². The third-order valence-corrected chi connectivity index (χ3v) is 6.08. The number of esters is 1. The molecular formula is C18H18N6O3S2. The topological polar surface area (TPSA) is 112 Å². The van der Waals surface area contributed by atoms with Crippen molar-refractivity contribution >= 4 is 40.1 Å². The van der Waals surface area contributed by atoms with Gasteiger partial charge in [-0.3, -0.25) is 14.9 Å². The predicted molar refractivity (Wildman–Crippen MR) is 109 cm³/mol. The minimum Gasteiger partial charge on any atom is -0.465 e. The Balaban J connectivity index is 1.47. The van der Waals surface area contributed by atoms with Crippen LogP contribution in [0.5, 0.6) is 0 Å². The van der Waals surface area contributed by atoms with Crippen molar-refractivity contribution in [3.05, 3.63) is 41.7 Å². The van der Waals surface area contributed by atoms with Gasteiger partial charge in [-0.25, -0.2) is 4.68 Å². The van der Waals surface area contributed by atoms with Gasteiger partial charge in [0, 0.05) is 5.92 Å². The lowest BCUT2D eigenvalue weighted by molar-refractivity contribution is -0.139. The lowest BCUT2D eigenvalue weighted by Crippen LogP contribution is -2.15. The molecule has 29 heavy (non-hydrogen) atoms. The number of benzene rings is 1. The Kier molecular flexibility index (Phi) is 5.86. The van der Waals surface area contributed by atoms with Crippen LogP contribution >= 0.6 is 23.1 Å². The Hall–Kier alpha value is -2.79. The number of para-hydroxylation sites is 1. The molecule has 11 heteroatoms. The van der Waals surface area contributed by atoms with Crippen molar-refractivity contribution in [3.63, 3.8) is 0 Å². The van der Waals surface area contributed by atoms with Crippen molar-refractivity contribution < 1.29 is 14.3 Å². The maximum absolute atomic E-state index is 12.8. The molecule has 0 bridgehead atoms. The number of carbonyl (C=O) groups excluding carboxylic acids is 2. The number of anilines is 1. The normalized spacial score (nSPS) is 13.3. The Morgan fingerprint density at radius 3 is 2.76 bits per heavy atom. The zero-order chi connectivity index (χ0) is 20.2. The number of rotatable bonds is 8. The second-order valence-corrected chi connectivity index (χ2v) is 8.47. The van der Waals surface area contributed by atoms with Gasteiger partial charge < -0.3 is 4.74 Å². The van der Waals surface area contributed by atoms with Crippen LogP contribution in [-0.4, -0.2) is 49.4 Å². The molecule has 2 heterocycles. The Labute approximate surface area is 174 Å². The largest absolute Gasteiger partial charge is 0.465 e. The Morgan fingerprint density at radius 1 is 1.24 bits per heavy atom. The first kappa shape index (κ1) is 19.5. The van der Waals surface area contributed by atoms with E-state index in [1.165, 1.54) is 23.1 Å². The predicted octanol–water partition coefficient (Wildman–Crippen LogP) is 2.90. The van der Waals surface area contributed by atoms with Crippen LogP contribution in [0, 0.1) is 0 Å². The number of nitrogens with one attached hydrogen (secondary N) is 1. The Morgan fingerprint density at radius 2 is 2.03 bits per heavy atom. The summed E-state index contributed by atoms with van der Waals surface area (Å²) >= 11 is 2.41. The van der Waals surface area contributed by atoms with Crippen molar-refractivity contribution in [1.29, 1.82) is 0 Å². The number of hydrogen-bond acceptors (Lipinski definition) is 9. The average Bonchev–Trinajstić information content (AvgIpc) is 3.31. The van der Waals surface area contributed by atoms with Gasteiger partial charge in [0.25, 0.3) is 5.91 Å². The molecule has 0 aliphatic heterocycles. The van der Waals surface area contributed by atoms with Crippen LogP contribution in [0.1, 0.15) is 41.9 Å². The van der Waals surface area contributed by atoms with Crippen molar-refractivity contribution in [2.24, 2.45) is 0 Å². The van der Waals surface area contributed by atoms with Gasteiger partial charge >= 0.3 is 5.97 Å². The van der Waals surface area contributed by atoms with E-state index in [-0.39, 0.29) is 23.5 Å². The van der Waals surface area contributed by atoms with E-state index < -0.39 is 0 Å². The molecule has 1 aromatic carbocycles. The summed E-state index contributed by atoms with van der Waals surface area (Å²) in [5, 5.41) is 19.4. The van der Waals surface area contributed by atoms with E-state index in [0.29, 0.717) is 21.8 Å². The van der Waals surface area contributed by atoms with Crippen molar-refractivity contribution in [2.75, 3.05) is 17.7 Å². The summed E-state index contributed by atoms with van der Waals surface area (Å²) in [4.78, 5) is 24.2. The molecule has 1 aliphatic carbocycles. The molecule has 1 fully saturated rings. The minimum atomic E-state index is -0.368. The van der Waals surface area contributed by atoms with E-state index in [2.05, 4.69) is 25.8 Å². The molecule has 9 nitrogen and oxygen atoms in total. The van der Waals surface area contributed by atoms with Crippen LogP contribution in [0.3, 0.4) is 0 Å². The van der Waals surface area contributed by atoms with Gasteiger partial charge in [0.2, 0.25) is 5.13 Å². The second kappa shape index (κ2) is 8.70. The third kappa shape index (κ3) is 4.62. The molecule has 1 N–H and O–H groups in total. The summed E-state index contributed by atoms with van der Waals surface area (Å²) in [5.74, 6) is -0.263. The van der Waals surface area contributed by atoms with Crippen LogP contribution in [0.2, 0.25) is 0 Å². The molecule has 0 spiro atoms. The highest BCUT2D eigenvalue weighted by molar-refractivity contribution is 8.01. The van der Waals surface area contributed by atoms with E-state index in [9.17, 15) is 9.59 Å². The zero-order valence-corrected chi connectivity index (χ0v) is 17.2. The lowest BCUT2D eigenvalue weighted by atomic mass is 10.2. The molecule has 0 radical (unpaired) electrons. The summed E-state index contributed by atoms with van der Waals surface area (Å²) in [6.45, 7) is 2.09. The highest BCUT2D eigenvalue weighted by Gasteiger charge is 2.34. The van der Waals surface area contributed by atoms with Crippen molar-refractivity contribution in [3.8, 4) is 5.69 Å². The van der Waals surface area contributed by atoms with E-state index >= 15 is 0 Å². The highest BCUT2D eigenvalue weighted by Crippen LogP contribution is 2.42. The first-order chi connectivity index (χ1) is 14.2. The van der Waals surface area contributed by atoms with Crippen LogP contribution in [0.15, 0.2) is 34.7 Å². The zero-order valence-electron chi connectivity index (χ0n) is 15.6. The van der Waals surface area contributed by atoms with Crippen LogP contribution < -0.4 is 5.32 Å². The number of carbonyl (C=O) groups is 2. The van der Waals surface area contributed by atoms with Gasteiger partial charge in [0.05, 0.1) is 23.7 Å². The minimum absolute atomic E-state index is 0.146. The molecule has 1 aliphatic rings. The summed E-state index contributed by atoms with van der Waals surface area (Å²) in [5.41, 5.74) is 1.98. The number of hydrogen-bond donors (Lipinski definition) is 1. The number of aromatic nitrogens is 5. The van der Waals surface area contributed by atoms with Crippen molar-refractivity contribution in [1.82, 2.24) is 25.2 Å². The maximum atomic E-state index is 12.8. The van der Waals surface area contributed by atoms with E-state index in [0.717, 1.165) is 24.2 Å². The average molecular weight is 431 g/mol. The molecule has 0 saturated heterocycles. The summed E-state index contributed by atoms with van der Waals surface area (Å²) in [6, 6.07) is 9.63. The summed E-state index contributed by atoms with van der Waals surface area (Å²) < 4.78 is 7.18. The number of ether oxygens (including phenoxy) is 1. The fourth-order valence-electron chi connectivity index (χ4n) is 2.73. The van der Waals surface area contributed by atoms with Gasteiger partial charge in [-0.1, -0.05) is 46.5 Å². The number of nitrogens with zero attached hydrogens (tertiary/aromatic N) is 5. The lowest BCUT2D eigenvalue weighted by Gasteiger charge is -2.06. The van der Waals surface area contributed by atoms with E-state index in [4.69, 9.17) is 4.74 Å². The fraction of sp³-hybridized carbons (Fsp3) is 0.333. The maximum Gasteiger partial charge on any atom is 0.316 e. The first-order valence-corrected chi connectivity index (χ1v) is 10.9. The van der Waals surface area contributed by atoms with Crippen LogP contribution in [-0.2, 0) is 9.53 Å². The molecule has 2 aromatic heterocycles. The first-order valence-electron chi connectivity index (χ1n) is 9.10. The number of amides is 1. The van der Waals surface area contributed by atoms with Gasteiger partial charge in [-0.2, -0.15) is 0 Å². The van der Waals surface area contributed by atoms with E-state index in [1.54, 1.807) is 11.6 Å². The van der Waals surface area contributed by atoms with Gasteiger partial charge in [-0.05, 0) is 31.9 Å². The van der Waals surface area contributed by atoms with E-state index in [1.807, 2.05) is 30.3 Å². The molecule has 1 saturated carbocycles. The Bertz CT molecular complexity index is 1020. The molecule has 0 atom stereocenters. The monoisotopic (exact) mass is 430 g/mol. The smallest absolute Gasteiger partial charge is 0.316 e. The highest BCUT2D eigenvalue weighted by atomic mass is 32.2. The van der Waals surface area contributed by atoms with Gasteiger partial charge in [-0.15, -0.1) is 15.3 Å². The summed E-state index contributed by atoms with van der Waals surface area (Å²) in [6.07, 6.45) is 2.02. The molecule has 0 unspecified atom stereocenters. The second-order valence-electron chi connectivity index (χ2n) is 6.27. The van der Waals surface area contributed by atoms with Crippen LogP contribution in [0.4, 0.5) is 5.13 Å². The SMILES string of the molecule is CCOC(=O)CSc1nnc(NC(=O)c2nnn(-c3ccccc3)c2C2CC2)s1. The molecule has 4 rings (SSSR count). The quantitative estimate of drug-likeness (QED) is 0.330. The summed E-state index contributed by atoms with van der Waals surface area (Å²) in [7, 11) is 0. The number of thioether (sulfide) groups is 1.